The number of hydrogen-bond acceptors (Lipinski definition) is 5. The third-order valence-corrected chi connectivity index (χ3v) is 3.95. The van der Waals surface area contributed by atoms with Gasteiger partial charge in [-0.1, -0.05) is 18.2 Å². The van der Waals surface area contributed by atoms with Crippen molar-refractivity contribution in [1.29, 1.82) is 0 Å². The second kappa shape index (κ2) is 6.20. The summed E-state index contributed by atoms with van der Waals surface area (Å²) in [6, 6.07) is 12.3. The van der Waals surface area contributed by atoms with Crippen LogP contribution in [0, 0.1) is 0 Å². The second-order valence-corrected chi connectivity index (χ2v) is 5.57. The molecule has 1 aliphatic rings. The molecule has 3 heterocycles. The highest BCUT2D eigenvalue weighted by Gasteiger charge is 2.31. The summed E-state index contributed by atoms with van der Waals surface area (Å²) in [5.74, 6) is -0.395. The zero-order chi connectivity index (χ0) is 17.2. The average molecular weight is 334 g/mol. The molecule has 124 valence electrons. The quantitative estimate of drug-likeness (QED) is 0.740. The molecule has 0 fully saturated rings. The van der Waals surface area contributed by atoms with Crippen molar-refractivity contribution in [3.63, 3.8) is 0 Å². The molecule has 1 aliphatic heterocycles. The molecule has 0 radical (unpaired) electrons. The number of carbonyl (C=O) groups excluding carboxylic acids is 2. The Morgan fingerprint density at radius 2 is 2.04 bits per heavy atom. The van der Waals surface area contributed by atoms with Gasteiger partial charge < -0.3 is 10.1 Å². The number of rotatable bonds is 3. The molecule has 1 atom stereocenters. The van der Waals surface area contributed by atoms with Crippen LogP contribution in [0.4, 0.5) is 5.69 Å². The van der Waals surface area contributed by atoms with E-state index in [0.717, 1.165) is 5.56 Å². The van der Waals surface area contributed by atoms with E-state index < -0.39 is 18.0 Å². The molecule has 0 spiro atoms. The molecule has 3 aromatic rings. The lowest BCUT2D eigenvalue weighted by atomic mass is 9.98. The SMILES string of the molecule is O=C1OC(C(=O)Nc2cccnc2-n2cccn2)Cc2ccccc21. The van der Waals surface area contributed by atoms with Crippen LogP contribution >= 0.6 is 0 Å². The van der Waals surface area contributed by atoms with Crippen LogP contribution in [0.1, 0.15) is 15.9 Å². The van der Waals surface area contributed by atoms with E-state index in [-0.39, 0.29) is 0 Å². The van der Waals surface area contributed by atoms with Gasteiger partial charge in [0.05, 0.1) is 11.3 Å². The summed E-state index contributed by atoms with van der Waals surface area (Å²) < 4.78 is 6.84. The molecule has 7 heteroatoms. The Morgan fingerprint density at radius 1 is 1.16 bits per heavy atom. The fourth-order valence-electron chi connectivity index (χ4n) is 2.76. The van der Waals surface area contributed by atoms with E-state index in [9.17, 15) is 9.59 Å². The summed E-state index contributed by atoms with van der Waals surface area (Å²) in [7, 11) is 0. The van der Waals surface area contributed by atoms with E-state index >= 15 is 0 Å². The first-order valence-electron chi connectivity index (χ1n) is 7.77. The van der Waals surface area contributed by atoms with Gasteiger partial charge >= 0.3 is 5.97 Å². The lowest BCUT2D eigenvalue weighted by Crippen LogP contribution is -2.38. The zero-order valence-electron chi connectivity index (χ0n) is 13.1. The minimum atomic E-state index is -0.881. The van der Waals surface area contributed by atoms with Gasteiger partial charge in [0, 0.05) is 25.0 Å². The number of hydrogen-bond donors (Lipinski definition) is 1. The van der Waals surface area contributed by atoms with Gasteiger partial charge in [0.15, 0.2) is 11.9 Å². The van der Waals surface area contributed by atoms with Gasteiger partial charge in [-0.2, -0.15) is 5.10 Å². The maximum Gasteiger partial charge on any atom is 0.339 e. The predicted octanol–water partition coefficient (Wildman–Crippen LogP) is 1.99. The Balaban J connectivity index is 1.57. The number of ether oxygens (including phenoxy) is 1. The topological polar surface area (TPSA) is 86.1 Å². The number of nitrogens with one attached hydrogen (secondary N) is 1. The van der Waals surface area contributed by atoms with Gasteiger partial charge in [0.1, 0.15) is 0 Å². The van der Waals surface area contributed by atoms with Gasteiger partial charge in [0.2, 0.25) is 0 Å². The van der Waals surface area contributed by atoms with Gasteiger partial charge in [0.25, 0.3) is 5.91 Å². The van der Waals surface area contributed by atoms with Gasteiger partial charge in [-0.15, -0.1) is 0 Å². The number of carbonyl (C=O) groups is 2. The average Bonchev–Trinajstić information content (AvgIpc) is 3.16. The van der Waals surface area contributed by atoms with Gasteiger partial charge in [-0.05, 0) is 29.8 Å². The van der Waals surface area contributed by atoms with E-state index in [0.29, 0.717) is 23.5 Å². The lowest BCUT2D eigenvalue weighted by Gasteiger charge is -2.24. The van der Waals surface area contributed by atoms with Crippen LogP contribution in [0.15, 0.2) is 61.1 Å². The lowest BCUT2D eigenvalue weighted by molar-refractivity contribution is -0.125. The minimum Gasteiger partial charge on any atom is -0.448 e. The Hall–Kier alpha value is -3.48. The fourth-order valence-corrected chi connectivity index (χ4v) is 2.76. The first-order valence-corrected chi connectivity index (χ1v) is 7.77. The molecule has 0 saturated heterocycles. The van der Waals surface area contributed by atoms with E-state index in [1.807, 2.05) is 12.1 Å². The number of amides is 1. The van der Waals surface area contributed by atoms with Crippen molar-refractivity contribution in [3.05, 3.63) is 72.2 Å². The molecule has 1 N–H and O–H groups in total. The summed E-state index contributed by atoms with van der Waals surface area (Å²) in [4.78, 5) is 28.9. The fraction of sp³-hybridized carbons (Fsp3) is 0.111. The molecule has 25 heavy (non-hydrogen) atoms. The second-order valence-electron chi connectivity index (χ2n) is 5.57. The zero-order valence-corrected chi connectivity index (χ0v) is 13.1. The molecule has 1 unspecified atom stereocenters. The Morgan fingerprint density at radius 3 is 2.88 bits per heavy atom. The van der Waals surface area contributed by atoms with E-state index in [4.69, 9.17) is 4.74 Å². The van der Waals surface area contributed by atoms with Crippen LogP contribution < -0.4 is 5.32 Å². The molecule has 0 saturated carbocycles. The number of benzene rings is 1. The van der Waals surface area contributed by atoms with E-state index in [1.165, 1.54) is 0 Å². The van der Waals surface area contributed by atoms with Crippen LogP contribution in [0.2, 0.25) is 0 Å². The molecular formula is C18H14N4O3. The highest BCUT2D eigenvalue weighted by Crippen LogP contribution is 2.22. The summed E-state index contributed by atoms with van der Waals surface area (Å²) in [5, 5.41) is 6.91. The maximum absolute atomic E-state index is 12.6. The summed E-state index contributed by atoms with van der Waals surface area (Å²) in [6.07, 6.45) is 4.43. The van der Waals surface area contributed by atoms with Crippen LogP contribution in [0.5, 0.6) is 0 Å². The number of nitrogens with zero attached hydrogens (tertiary/aromatic N) is 3. The van der Waals surface area contributed by atoms with Crippen molar-refractivity contribution < 1.29 is 14.3 Å². The standard InChI is InChI=1S/C18H14N4O3/c23-17(15-11-12-5-1-2-6-13(12)18(24)25-15)21-14-7-3-8-19-16(14)22-10-4-9-20-22/h1-10,15H,11H2,(H,21,23). The number of anilines is 1. The Labute approximate surface area is 143 Å². The number of cyclic esters (lactones) is 1. The van der Waals surface area contributed by atoms with Crippen molar-refractivity contribution in [2.75, 3.05) is 5.32 Å². The molecule has 7 nitrogen and oxygen atoms in total. The van der Waals surface area contributed by atoms with Crippen molar-refractivity contribution in [1.82, 2.24) is 14.8 Å². The van der Waals surface area contributed by atoms with Crippen molar-refractivity contribution in [2.24, 2.45) is 0 Å². The van der Waals surface area contributed by atoms with Gasteiger partial charge in [-0.25, -0.2) is 14.5 Å². The van der Waals surface area contributed by atoms with Crippen LogP contribution in [-0.4, -0.2) is 32.7 Å². The Bertz CT molecular complexity index is 937. The Kier molecular flexibility index (Phi) is 3.74. The highest BCUT2D eigenvalue weighted by molar-refractivity contribution is 6.00. The number of fused-ring (bicyclic) bond motifs is 1. The monoisotopic (exact) mass is 334 g/mol. The van der Waals surface area contributed by atoms with Crippen molar-refractivity contribution in [3.8, 4) is 5.82 Å². The maximum atomic E-state index is 12.6. The van der Waals surface area contributed by atoms with E-state index in [2.05, 4.69) is 15.4 Å². The first-order chi connectivity index (χ1) is 12.2. The van der Waals surface area contributed by atoms with Crippen LogP contribution in [0.3, 0.4) is 0 Å². The first kappa shape index (κ1) is 15.1. The number of esters is 1. The number of aromatic nitrogens is 3. The van der Waals surface area contributed by atoms with E-state index in [1.54, 1.807) is 53.6 Å². The molecular weight excluding hydrogens is 320 g/mol. The highest BCUT2D eigenvalue weighted by atomic mass is 16.5. The molecule has 0 aliphatic carbocycles. The third-order valence-electron chi connectivity index (χ3n) is 3.95. The molecule has 1 aromatic carbocycles. The summed E-state index contributed by atoms with van der Waals surface area (Å²) >= 11 is 0. The largest absolute Gasteiger partial charge is 0.448 e. The minimum absolute atomic E-state index is 0.338. The molecule has 2 aromatic heterocycles. The third kappa shape index (κ3) is 2.87. The summed E-state index contributed by atoms with van der Waals surface area (Å²) in [5.41, 5.74) is 1.80. The summed E-state index contributed by atoms with van der Waals surface area (Å²) in [6.45, 7) is 0. The predicted molar refractivity (Wildman–Crippen MR) is 89.3 cm³/mol. The van der Waals surface area contributed by atoms with Crippen LogP contribution in [-0.2, 0) is 16.0 Å². The molecule has 4 rings (SSSR count). The number of pyridine rings is 1. The van der Waals surface area contributed by atoms with Gasteiger partial charge in [-0.3, -0.25) is 4.79 Å². The molecule has 1 amide bonds. The normalized spacial score (nSPS) is 16.0. The smallest absolute Gasteiger partial charge is 0.339 e. The van der Waals surface area contributed by atoms with Crippen molar-refractivity contribution in [2.45, 2.75) is 12.5 Å². The van der Waals surface area contributed by atoms with Crippen molar-refractivity contribution >= 4 is 17.6 Å². The van der Waals surface area contributed by atoms with Crippen LogP contribution in [0.25, 0.3) is 5.82 Å². The molecule has 0 bridgehead atoms.